The molecule has 0 saturated carbocycles. The van der Waals surface area contributed by atoms with E-state index < -0.39 is 20.0 Å². The number of hydrogen-bond acceptors (Lipinski definition) is 6. The second-order valence-electron chi connectivity index (χ2n) is 19.7. The van der Waals surface area contributed by atoms with Gasteiger partial charge >= 0.3 is 13.8 Å². The number of likely N-dealkylation sites (N-methyl/N-ethyl adjacent to an activating group) is 1. The summed E-state index contributed by atoms with van der Waals surface area (Å²) in [5, 5.41) is 3.00. The first kappa shape index (κ1) is 66.2. The highest BCUT2D eigenvalue weighted by molar-refractivity contribution is 7.47. The third kappa shape index (κ3) is 49.9. The Morgan fingerprint density at radius 2 is 0.942 bits per heavy atom. The molecule has 0 aromatic rings. The average Bonchev–Trinajstić information content (AvgIpc) is 3.31. The van der Waals surface area contributed by atoms with Crippen LogP contribution in [0.3, 0.4) is 0 Å². The summed E-state index contributed by atoms with van der Waals surface area (Å²) in [5.41, 5.74) is 0. The van der Waals surface area contributed by atoms with Gasteiger partial charge in [-0.1, -0.05) is 202 Å². The zero-order valence-electron chi connectivity index (χ0n) is 45.3. The zero-order valence-corrected chi connectivity index (χ0v) is 46.2. The standard InChI is InChI=1S/C59H105N2O7P/c1-7-10-13-16-19-22-25-28-30-31-32-33-36-39-42-45-48-51-58(62)60-56(55-67-69(64,65)66-54-53-61(4,5)6)57(50-47-44-41-38-35-27-24-21-18-15-12-9-3)68-59(63)52-49-46-43-40-37-34-29-26-23-20-17-14-11-8-2/h10,13,19,22,28,30,32-34,37,39,42,47,50,56-57H,7-9,11-12,14-18,20-21,23-27,29,31,35-36,38,40-41,43-46,48-49,51-55H2,1-6H3,(H-,60,62,64,65)/p+1/b13-10-,22-19-,30-28-,33-32-,37-34-,42-39-,50-47+. The van der Waals surface area contributed by atoms with Gasteiger partial charge < -0.3 is 19.4 Å². The molecule has 3 atom stereocenters. The molecule has 0 saturated heterocycles. The normalized spacial score (nSPS) is 14.5. The van der Waals surface area contributed by atoms with Crippen molar-refractivity contribution in [1.82, 2.24) is 5.32 Å². The molecule has 0 heterocycles. The lowest BCUT2D eigenvalue weighted by Gasteiger charge is -2.27. The number of ether oxygens (including phenoxy) is 1. The highest BCUT2D eigenvalue weighted by atomic mass is 31.2. The summed E-state index contributed by atoms with van der Waals surface area (Å²) < 4.78 is 30.5. The van der Waals surface area contributed by atoms with Crippen molar-refractivity contribution in [2.45, 2.75) is 238 Å². The maximum Gasteiger partial charge on any atom is 0.472 e. The Morgan fingerprint density at radius 1 is 0.522 bits per heavy atom. The van der Waals surface area contributed by atoms with Gasteiger partial charge in [0.2, 0.25) is 5.91 Å². The number of quaternary nitrogens is 1. The monoisotopic (exact) mass is 986 g/mol. The van der Waals surface area contributed by atoms with E-state index in [0.29, 0.717) is 23.9 Å². The third-order valence-corrected chi connectivity index (χ3v) is 12.8. The molecule has 10 heteroatoms. The lowest BCUT2D eigenvalue weighted by molar-refractivity contribution is -0.870. The van der Waals surface area contributed by atoms with Gasteiger partial charge in [-0.25, -0.2) is 4.57 Å². The number of nitrogens with one attached hydrogen (secondary N) is 1. The number of rotatable bonds is 49. The van der Waals surface area contributed by atoms with Crippen molar-refractivity contribution in [3.05, 3.63) is 85.1 Å². The molecule has 0 spiro atoms. The van der Waals surface area contributed by atoms with Gasteiger partial charge in [-0.05, 0) is 96.0 Å². The Labute approximate surface area is 425 Å². The Hall–Kier alpha value is -2.81. The molecule has 3 unspecified atom stereocenters. The smallest absolute Gasteiger partial charge is 0.456 e. The highest BCUT2D eigenvalue weighted by Crippen LogP contribution is 2.43. The molecule has 0 aromatic heterocycles. The summed E-state index contributed by atoms with van der Waals surface area (Å²) in [6, 6.07) is -0.886. The molecule has 0 fully saturated rings. The summed E-state index contributed by atoms with van der Waals surface area (Å²) >= 11 is 0. The molecule has 0 rings (SSSR count). The van der Waals surface area contributed by atoms with Gasteiger partial charge in [0.05, 0.1) is 33.8 Å². The third-order valence-electron chi connectivity index (χ3n) is 11.8. The zero-order chi connectivity index (χ0) is 50.8. The van der Waals surface area contributed by atoms with Crippen LogP contribution >= 0.6 is 7.82 Å². The summed E-state index contributed by atoms with van der Waals surface area (Å²) in [6.07, 6.45) is 63.0. The van der Waals surface area contributed by atoms with Gasteiger partial charge in [0.1, 0.15) is 19.3 Å². The van der Waals surface area contributed by atoms with Crippen molar-refractivity contribution >= 4 is 19.7 Å². The minimum atomic E-state index is -4.46. The van der Waals surface area contributed by atoms with Crippen LogP contribution in [-0.2, 0) is 27.9 Å². The number of phosphoric acid groups is 1. The number of phosphoric ester groups is 1. The maximum atomic E-state index is 13.5. The fourth-order valence-corrected chi connectivity index (χ4v) is 8.23. The molecular formula is C59H106N2O7P+. The fraction of sp³-hybridized carbons (Fsp3) is 0.729. The van der Waals surface area contributed by atoms with E-state index in [4.69, 9.17) is 13.8 Å². The molecule has 69 heavy (non-hydrogen) atoms. The van der Waals surface area contributed by atoms with Gasteiger partial charge in [0, 0.05) is 12.8 Å². The molecule has 0 aromatic carbocycles. The van der Waals surface area contributed by atoms with Crippen LogP contribution in [-0.4, -0.2) is 74.3 Å². The van der Waals surface area contributed by atoms with Crippen LogP contribution in [0.15, 0.2) is 85.1 Å². The van der Waals surface area contributed by atoms with E-state index in [1.807, 2.05) is 33.3 Å². The van der Waals surface area contributed by atoms with Crippen LogP contribution in [0.25, 0.3) is 0 Å². The first-order valence-corrected chi connectivity index (χ1v) is 29.4. The topological polar surface area (TPSA) is 111 Å². The molecule has 0 bridgehead atoms. The van der Waals surface area contributed by atoms with Crippen molar-refractivity contribution in [1.29, 1.82) is 0 Å². The number of esters is 1. The maximum absolute atomic E-state index is 13.5. The predicted molar refractivity (Wildman–Crippen MR) is 295 cm³/mol. The van der Waals surface area contributed by atoms with E-state index in [0.717, 1.165) is 83.5 Å². The van der Waals surface area contributed by atoms with Crippen molar-refractivity contribution in [3.8, 4) is 0 Å². The van der Waals surface area contributed by atoms with Crippen LogP contribution in [0.1, 0.15) is 226 Å². The van der Waals surface area contributed by atoms with Gasteiger partial charge in [-0.3, -0.25) is 18.6 Å². The van der Waals surface area contributed by atoms with Crippen LogP contribution in [0, 0.1) is 0 Å². The lowest BCUT2D eigenvalue weighted by atomic mass is 10.1. The Morgan fingerprint density at radius 3 is 1.43 bits per heavy atom. The molecule has 0 aliphatic rings. The number of hydrogen-bond donors (Lipinski definition) is 2. The second kappa shape index (κ2) is 48.8. The van der Waals surface area contributed by atoms with E-state index in [9.17, 15) is 19.0 Å². The van der Waals surface area contributed by atoms with Crippen LogP contribution in [0.2, 0.25) is 0 Å². The van der Waals surface area contributed by atoms with Gasteiger partial charge in [0.15, 0.2) is 0 Å². The number of allylic oxidation sites excluding steroid dienone is 13. The van der Waals surface area contributed by atoms with Gasteiger partial charge in [-0.2, -0.15) is 0 Å². The largest absolute Gasteiger partial charge is 0.472 e. The average molecular weight is 986 g/mol. The SMILES string of the molecule is CC/C=C\C/C=C\C/C=C\C/C=C\C/C=C\CCCC(=O)NC(COP(=O)(O)OCC[N+](C)(C)C)C(/C=C/CCCCCCCCCCCC)OC(=O)CCCCC/C=C\CCCCCCCCC. The van der Waals surface area contributed by atoms with Crippen molar-refractivity contribution in [2.24, 2.45) is 0 Å². The molecule has 1 amide bonds. The lowest BCUT2D eigenvalue weighted by Crippen LogP contribution is -2.47. The molecule has 0 radical (unpaired) electrons. The first-order chi connectivity index (χ1) is 33.4. The van der Waals surface area contributed by atoms with E-state index in [1.54, 1.807) is 0 Å². The Balaban J connectivity index is 5.50. The molecule has 0 aliphatic carbocycles. The van der Waals surface area contributed by atoms with Crippen LogP contribution < -0.4 is 5.32 Å². The van der Waals surface area contributed by atoms with Crippen molar-refractivity contribution in [2.75, 3.05) is 40.9 Å². The summed E-state index contributed by atoms with van der Waals surface area (Å²) in [4.78, 5) is 37.5. The second-order valence-corrected chi connectivity index (χ2v) is 21.2. The Bertz CT molecular complexity index is 1460. The Kier molecular flexibility index (Phi) is 46.8. The minimum Gasteiger partial charge on any atom is -0.456 e. The van der Waals surface area contributed by atoms with Crippen molar-refractivity contribution < 1.29 is 37.3 Å². The number of nitrogens with zero attached hydrogens (tertiary/aromatic N) is 1. The molecule has 9 nitrogen and oxygen atoms in total. The molecular weight excluding hydrogens is 880 g/mol. The fourth-order valence-electron chi connectivity index (χ4n) is 7.50. The van der Waals surface area contributed by atoms with Crippen molar-refractivity contribution in [3.63, 3.8) is 0 Å². The predicted octanol–water partition coefficient (Wildman–Crippen LogP) is 16.7. The number of carbonyl (C=O) groups excluding carboxylic acids is 2. The van der Waals surface area contributed by atoms with Crippen LogP contribution in [0.4, 0.5) is 0 Å². The van der Waals surface area contributed by atoms with E-state index in [2.05, 4.69) is 99.0 Å². The molecule has 398 valence electrons. The summed E-state index contributed by atoms with van der Waals surface area (Å²) in [6.45, 7) is 6.82. The molecule has 0 aliphatic heterocycles. The van der Waals surface area contributed by atoms with Crippen LogP contribution in [0.5, 0.6) is 0 Å². The van der Waals surface area contributed by atoms with Gasteiger partial charge in [0.25, 0.3) is 0 Å². The van der Waals surface area contributed by atoms with Gasteiger partial charge in [-0.15, -0.1) is 0 Å². The van der Waals surface area contributed by atoms with E-state index in [1.165, 1.54) is 96.3 Å². The highest BCUT2D eigenvalue weighted by Gasteiger charge is 2.30. The summed E-state index contributed by atoms with van der Waals surface area (Å²) in [7, 11) is 1.44. The quantitative estimate of drug-likeness (QED) is 0.0205. The number of unbranched alkanes of at least 4 members (excludes halogenated alkanes) is 21. The van der Waals surface area contributed by atoms with E-state index >= 15 is 0 Å². The van der Waals surface area contributed by atoms with E-state index in [-0.39, 0.29) is 37.9 Å². The number of amides is 1. The molecule has 2 N–H and O–H groups in total. The summed E-state index contributed by atoms with van der Waals surface area (Å²) in [5.74, 6) is -0.596. The first-order valence-electron chi connectivity index (χ1n) is 27.9. The minimum absolute atomic E-state index is 0.0241. The number of carbonyl (C=O) groups is 2.